The Hall–Kier alpha value is -0.430. The lowest BCUT2D eigenvalue weighted by atomic mass is 9.98. The Balaban J connectivity index is 1.69. The van der Waals surface area contributed by atoms with Crippen molar-refractivity contribution in [3.63, 3.8) is 0 Å². The molecular weight excluding hydrogens is 423 g/mol. The van der Waals surface area contributed by atoms with Gasteiger partial charge in [-0.1, -0.05) is 50.1 Å². The first-order chi connectivity index (χ1) is 13.4. The molecule has 3 rings (SSSR count). The molecule has 1 aromatic rings. The molecule has 6 nitrogen and oxygen atoms in total. The molecule has 158 valence electrons. The maximum absolute atomic E-state index is 13.4. The van der Waals surface area contributed by atoms with E-state index in [1.807, 2.05) is 0 Å². The average molecular weight is 451 g/mol. The standard InChI is InChI=1S/C19H28ClO6PS/c20-16-11-13-19(14-12-16)28(22,23)24-15-27(21,25-17-7-3-1-4-8-17)26-18-9-5-2-6-10-18/h11-14,17-18H,1-10,15H2. The van der Waals surface area contributed by atoms with Gasteiger partial charge in [0.1, 0.15) is 0 Å². The van der Waals surface area contributed by atoms with Crippen LogP contribution in [0.15, 0.2) is 29.2 Å². The minimum atomic E-state index is -4.08. The number of rotatable bonds is 8. The van der Waals surface area contributed by atoms with Gasteiger partial charge in [-0.3, -0.25) is 8.75 Å². The molecule has 0 amide bonds. The van der Waals surface area contributed by atoms with Crippen LogP contribution in [0.1, 0.15) is 64.2 Å². The molecular formula is C19H28ClO6PS. The summed E-state index contributed by atoms with van der Waals surface area (Å²) >= 11 is 5.81. The SMILES string of the molecule is O=P(COS(=O)(=O)c1ccc(Cl)cc1)(OC1CCCCC1)OC1CCCCC1. The van der Waals surface area contributed by atoms with Crippen LogP contribution in [-0.2, 0) is 27.9 Å². The van der Waals surface area contributed by atoms with Crippen LogP contribution in [0, 0.1) is 0 Å². The van der Waals surface area contributed by atoms with Gasteiger partial charge in [-0.05, 0) is 49.9 Å². The number of benzene rings is 1. The molecule has 0 saturated heterocycles. The maximum atomic E-state index is 13.4. The van der Waals surface area contributed by atoms with E-state index in [0.29, 0.717) is 5.02 Å². The van der Waals surface area contributed by atoms with Crippen molar-refractivity contribution in [1.82, 2.24) is 0 Å². The molecule has 28 heavy (non-hydrogen) atoms. The summed E-state index contributed by atoms with van der Waals surface area (Å²) in [6.07, 6.45) is 8.59. The first-order valence-electron chi connectivity index (χ1n) is 9.97. The van der Waals surface area contributed by atoms with Crippen molar-refractivity contribution in [2.75, 3.05) is 6.35 Å². The third-order valence-electron chi connectivity index (χ3n) is 5.19. The van der Waals surface area contributed by atoms with Crippen molar-refractivity contribution in [3.05, 3.63) is 29.3 Å². The van der Waals surface area contributed by atoms with Crippen molar-refractivity contribution in [2.24, 2.45) is 0 Å². The molecule has 2 saturated carbocycles. The normalized spacial score (nSPS) is 20.3. The van der Waals surface area contributed by atoms with Crippen LogP contribution in [0.3, 0.4) is 0 Å². The number of halogens is 1. The molecule has 0 unspecified atom stereocenters. The zero-order chi connectivity index (χ0) is 20.0. The molecule has 0 aliphatic heterocycles. The van der Waals surface area contributed by atoms with Crippen LogP contribution in [0.4, 0.5) is 0 Å². The second-order valence-electron chi connectivity index (χ2n) is 7.50. The Morgan fingerprint density at radius 2 is 1.32 bits per heavy atom. The van der Waals surface area contributed by atoms with Crippen LogP contribution >= 0.6 is 19.2 Å². The van der Waals surface area contributed by atoms with Gasteiger partial charge in [-0.25, -0.2) is 0 Å². The molecule has 2 aliphatic carbocycles. The van der Waals surface area contributed by atoms with Crippen molar-refractivity contribution in [2.45, 2.75) is 81.3 Å². The second-order valence-corrected chi connectivity index (χ2v) is 11.5. The van der Waals surface area contributed by atoms with E-state index in [1.165, 1.54) is 24.3 Å². The predicted molar refractivity (Wildman–Crippen MR) is 108 cm³/mol. The van der Waals surface area contributed by atoms with E-state index >= 15 is 0 Å². The van der Waals surface area contributed by atoms with Crippen LogP contribution in [0.5, 0.6) is 0 Å². The third kappa shape index (κ3) is 6.54. The topological polar surface area (TPSA) is 78.9 Å². The number of hydrogen-bond acceptors (Lipinski definition) is 6. The maximum Gasteiger partial charge on any atom is 0.358 e. The largest absolute Gasteiger partial charge is 0.358 e. The van der Waals surface area contributed by atoms with Gasteiger partial charge in [0.15, 0.2) is 6.35 Å². The molecule has 0 aromatic heterocycles. The molecule has 1 aromatic carbocycles. The predicted octanol–water partition coefficient (Wildman–Crippen LogP) is 5.89. The Labute approximate surface area is 172 Å². The summed E-state index contributed by atoms with van der Waals surface area (Å²) in [5.41, 5.74) is 0. The van der Waals surface area contributed by atoms with Gasteiger partial charge in [-0.2, -0.15) is 8.42 Å². The van der Waals surface area contributed by atoms with E-state index in [-0.39, 0.29) is 17.1 Å². The van der Waals surface area contributed by atoms with Crippen molar-refractivity contribution in [3.8, 4) is 0 Å². The van der Waals surface area contributed by atoms with Gasteiger partial charge in [0, 0.05) is 5.02 Å². The first kappa shape index (κ1) is 22.3. The summed E-state index contributed by atoms with van der Waals surface area (Å²) in [5, 5.41) is 0.422. The van der Waals surface area contributed by atoms with E-state index in [4.69, 9.17) is 24.8 Å². The quantitative estimate of drug-likeness (QED) is 0.362. The Morgan fingerprint density at radius 3 is 1.79 bits per heavy atom. The van der Waals surface area contributed by atoms with E-state index < -0.39 is 24.1 Å². The summed E-state index contributed by atoms with van der Waals surface area (Å²) in [6, 6.07) is 5.64. The Kier molecular flexibility index (Phi) is 7.99. The minimum Gasteiger partial charge on any atom is -0.304 e. The molecule has 0 spiro atoms. The molecule has 2 aliphatic rings. The molecule has 9 heteroatoms. The van der Waals surface area contributed by atoms with Crippen molar-refractivity contribution < 1.29 is 26.2 Å². The number of hydrogen-bond donors (Lipinski definition) is 0. The fourth-order valence-corrected chi connectivity index (χ4v) is 6.99. The lowest BCUT2D eigenvalue weighted by molar-refractivity contribution is 0.0714. The van der Waals surface area contributed by atoms with Crippen molar-refractivity contribution >= 4 is 29.3 Å². The van der Waals surface area contributed by atoms with Gasteiger partial charge >= 0.3 is 7.60 Å². The lowest BCUT2D eigenvalue weighted by Gasteiger charge is -2.31. The van der Waals surface area contributed by atoms with Gasteiger partial charge in [0.2, 0.25) is 0 Å². The molecule has 0 bridgehead atoms. The van der Waals surface area contributed by atoms with Gasteiger partial charge in [0.05, 0.1) is 17.1 Å². The highest BCUT2D eigenvalue weighted by atomic mass is 35.5. The van der Waals surface area contributed by atoms with Crippen LogP contribution < -0.4 is 0 Å². The van der Waals surface area contributed by atoms with E-state index in [9.17, 15) is 13.0 Å². The highest BCUT2D eigenvalue weighted by Crippen LogP contribution is 2.53. The molecule has 0 heterocycles. The highest BCUT2D eigenvalue weighted by Gasteiger charge is 2.36. The highest BCUT2D eigenvalue weighted by molar-refractivity contribution is 7.87. The summed E-state index contributed by atoms with van der Waals surface area (Å²) in [5.74, 6) is 0. The van der Waals surface area contributed by atoms with Crippen LogP contribution in [-0.4, -0.2) is 27.0 Å². The fraction of sp³-hybridized carbons (Fsp3) is 0.684. The van der Waals surface area contributed by atoms with Crippen molar-refractivity contribution in [1.29, 1.82) is 0 Å². The van der Waals surface area contributed by atoms with Gasteiger partial charge in [-0.15, -0.1) is 0 Å². The molecule has 0 atom stereocenters. The summed E-state index contributed by atoms with van der Waals surface area (Å²) in [4.78, 5) is -0.0428. The zero-order valence-corrected chi connectivity index (χ0v) is 18.4. The zero-order valence-electron chi connectivity index (χ0n) is 15.9. The smallest absolute Gasteiger partial charge is 0.304 e. The summed E-state index contributed by atoms with van der Waals surface area (Å²) in [6.45, 7) is 0. The van der Waals surface area contributed by atoms with E-state index in [0.717, 1.165) is 64.2 Å². The third-order valence-corrected chi connectivity index (χ3v) is 8.58. The van der Waals surface area contributed by atoms with Gasteiger partial charge in [0.25, 0.3) is 10.1 Å². The average Bonchev–Trinajstić information content (AvgIpc) is 2.68. The van der Waals surface area contributed by atoms with Crippen LogP contribution in [0.2, 0.25) is 5.02 Å². The fourth-order valence-electron chi connectivity index (χ4n) is 3.68. The molecule has 0 N–H and O–H groups in total. The van der Waals surface area contributed by atoms with Crippen LogP contribution in [0.25, 0.3) is 0 Å². The molecule has 2 fully saturated rings. The second kappa shape index (κ2) is 10.1. The minimum absolute atomic E-state index is 0.0428. The lowest BCUT2D eigenvalue weighted by Crippen LogP contribution is -2.22. The van der Waals surface area contributed by atoms with E-state index in [2.05, 4.69) is 0 Å². The first-order valence-corrected chi connectivity index (χ1v) is 13.5. The summed E-state index contributed by atoms with van der Waals surface area (Å²) < 4.78 is 55.2. The Bertz CT molecular complexity index is 746. The Morgan fingerprint density at radius 1 is 0.857 bits per heavy atom. The summed E-state index contributed by atoms with van der Waals surface area (Å²) in [7, 11) is -7.79. The monoisotopic (exact) mass is 450 g/mol. The van der Waals surface area contributed by atoms with E-state index in [1.54, 1.807) is 0 Å². The van der Waals surface area contributed by atoms with Gasteiger partial charge < -0.3 is 9.05 Å². The molecule has 0 radical (unpaired) electrons.